The Morgan fingerprint density at radius 2 is 1.72 bits per heavy atom. The van der Waals surface area contributed by atoms with E-state index in [1.165, 1.54) is 18.4 Å². The summed E-state index contributed by atoms with van der Waals surface area (Å²) in [6.45, 7) is 0. The number of ether oxygens (including phenoxy) is 2. The molecule has 0 unspecified atom stereocenters. The van der Waals surface area contributed by atoms with Crippen LogP contribution in [0.3, 0.4) is 0 Å². The Balaban J connectivity index is 1.57. The highest BCUT2D eigenvalue weighted by atomic mass is 32.1. The number of carbonyl (C=O) groups excluding carboxylic acids is 2. The number of nitrogens with one attached hydrogen (secondary N) is 1. The second-order valence-electron chi connectivity index (χ2n) is 6.06. The van der Waals surface area contributed by atoms with Crippen LogP contribution in [0, 0.1) is 0 Å². The molecule has 1 N–H and O–H groups in total. The van der Waals surface area contributed by atoms with Crippen LogP contribution in [0.4, 0.5) is 5.13 Å². The van der Waals surface area contributed by atoms with Crippen molar-refractivity contribution in [3.63, 3.8) is 0 Å². The van der Waals surface area contributed by atoms with Crippen LogP contribution >= 0.6 is 11.3 Å². The van der Waals surface area contributed by atoms with Gasteiger partial charge in [0.2, 0.25) is 0 Å². The molecule has 4 rings (SSSR count). The lowest BCUT2D eigenvalue weighted by Gasteiger charge is -2.10. The van der Waals surface area contributed by atoms with Crippen LogP contribution in [0.25, 0.3) is 10.2 Å². The second-order valence-corrected chi connectivity index (χ2v) is 7.09. The van der Waals surface area contributed by atoms with Crippen molar-refractivity contribution in [1.82, 2.24) is 4.98 Å². The molecule has 0 aliphatic heterocycles. The third-order valence-corrected chi connectivity index (χ3v) is 5.07. The van der Waals surface area contributed by atoms with Gasteiger partial charge in [-0.2, -0.15) is 0 Å². The lowest BCUT2D eigenvalue weighted by Crippen LogP contribution is -2.12. The molecule has 0 aliphatic carbocycles. The zero-order chi connectivity index (χ0) is 20.2. The van der Waals surface area contributed by atoms with E-state index in [-0.39, 0.29) is 5.91 Å². The summed E-state index contributed by atoms with van der Waals surface area (Å²) in [4.78, 5) is 28.9. The molecule has 0 fully saturated rings. The zero-order valence-electron chi connectivity index (χ0n) is 15.4. The van der Waals surface area contributed by atoms with Crippen molar-refractivity contribution in [2.45, 2.75) is 0 Å². The molecule has 6 nitrogen and oxygen atoms in total. The number of hydrogen-bond donors (Lipinski definition) is 1. The maximum Gasteiger partial charge on any atom is 0.337 e. The number of rotatable bonds is 5. The van der Waals surface area contributed by atoms with Gasteiger partial charge in [-0.15, -0.1) is 0 Å². The van der Waals surface area contributed by atoms with Crippen LogP contribution in [-0.2, 0) is 4.74 Å². The third kappa shape index (κ3) is 4.09. The van der Waals surface area contributed by atoms with Crippen LogP contribution in [0.2, 0.25) is 0 Å². The van der Waals surface area contributed by atoms with Crippen molar-refractivity contribution in [2.75, 3.05) is 12.4 Å². The molecule has 1 amide bonds. The largest absolute Gasteiger partial charge is 0.465 e. The number of carbonyl (C=O) groups is 2. The monoisotopic (exact) mass is 404 g/mol. The first-order valence-electron chi connectivity index (χ1n) is 8.76. The molecule has 1 heterocycles. The minimum atomic E-state index is -0.419. The molecule has 0 bridgehead atoms. The molecule has 7 heteroatoms. The summed E-state index contributed by atoms with van der Waals surface area (Å²) in [5.74, 6) is 0.343. The average Bonchev–Trinajstić information content (AvgIpc) is 3.15. The van der Waals surface area contributed by atoms with Gasteiger partial charge < -0.3 is 9.47 Å². The molecule has 0 spiro atoms. The Bertz CT molecular complexity index is 1190. The van der Waals surface area contributed by atoms with E-state index < -0.39 is 5.97 Å². The molecular weight excluding hydrogens is 388 g/mol. The first-order chi connectivity index (χ1) is 14.1. The number of esters is 1. The van der Waals surface area contributed by atoms with E-state index in [9.17, 15) is 9.59 Å². The van der Waals surface area contributed by atoms with Crippen molar-refractivity contribution >= 4 is 38.6 Å². The number of anilines is 1. The maximum absolute atomic E-state index is 12.8. The Hall–Kier alpha value is -3.71. The number of amides is 1. The Labute approximate surface area is 170 Å². The van der Waals surface area contributed by atoms with Gasteiger partial charge in [0.15, 0.2) is 5.13 Å². The predicted octanol–water partition coefficient (Wildman–Crippen LogP) is 5.13. The molecule has 144 valence electrons. The standard InChI is InChI=1S/C22H16N2O4S/c1-27-21(26)14-11-12-17-19(13-14)29-22(23-17)24-20(25)16-9-5-6-10-18(16)28-15-7-3-2-4-8-15/h2-13H,1H3,(H,23,24,25). The highest BCUT2D eigenvalue weighted by Crippen LogP contribution is 2.29. The molecule has 0 saturated carbocycles. The number of para-hydroxylation sites is 2. The minimum Gasteiger partial charge on any atom is -0.465 e. The second kappa shape index (κ2) is 8.12. The van der Waals surface area contributed by atoms with Crippen molar-refractivity contribution < 1.29 is 19.1 Å². The van der Waals surface area contributed by atoms with Crippen LogP contribution < -0.4 is 10.1 Å². The van der Waals surface area contributed by atoms with Gasteiger partial charge in [-0.3, -0.25) is 10.1 Å². The van der Waals surface area contributed by atoms with Crippen LogP contribution in [0.15, 0.2) is 72.8 Å². The number of aromatic nitrogens is 1. The smallest absolute Gasteiger partial charge is 0.337 e. The van der Waals surface area contributed by atoms with Gasteiger partial charge in [0.25, 0.3) is 5.91 Å². The molecular formula is C22H16N2O4S. The highest BCUT2D eigenvalue weighted by Gasteiger charge is 2.16. The highest BCUT2D eigenvalue weighted by molar-refractivity contribution is 7.22. The van der Waals surface area contributed by atoms with Gasteiger partial charge in [-0.25, -0.2) is 9.78 Å². The Kier molecular flexibility index (Phi) is 5.22. The van der Waals surface area contributed by atoms with E-state index in [1.807, 2.05) is 30.3 Å². The zero-order valence-corrected chi connectivity index (χ0v) is 16.2. The van der Waals surface area contributed by atoms with Crippen LogP contribution in [0.1, 0.15) is 20.7 Å². The topological polar surface area (TPSA) is 77.5 Å². The molecule has 1 aromatic heterocycles. The average molecular weight is 404 g/mol. The summed E-state index contributed by atoms with van der Waals surface area (Å²) in [6.07, 6.45) is 0. The van der Waals surface area contributed by atoms with Gasteiger partial charge in [0, 0.05) is 0 Å². The Morgan fingerprint density at radius 1 is 0.966 bits per heavy atom. The van der Waals surface area contributed by atoms with Crippen molar-refractivity contribution in [2.24, 2.45) is 0 Å². The fraction of sp³-hybridized carbons (Fsp3) is 0.0455. The first-order valence-corrected chi connectivity index (χ1v) is 9.58. The normalized spacial score (nSPS) is 10.5. The SMILES string of the molecule is COC(=O)c1ccc2nc(NC(=O)c3ccccc3Oc3ccccc3)sc2c1. The van der Waals surface area contributed by atoms with Crippen molar-refractivity contribution in [3.05, 3.63) is 83.9 Å². The van der Waals surface area contributed by atoms with Crippen molar-refractivity contribution in [1.29, 1.82) is 0 Å². The number of methoxy groups -OCH3 is 1. The van der Waals surface area contributed by atoms with E-state index >= 15 is 0 Å². The van der Waals surface area contributed by atoms with E-state index in [0.29, 0.717) is 33.3 Å². The minimum absolute atomic E-state index is 0.330. The van der Waals surface area contributed by atoms with Gasteiger partial charge in [-0.1, -0.05) is 41.7 Å². The summed E-state index contributed by atoms with van der Waals surface area (Å²) >= 11 is 1.28. The van der Waals surface area contributed by atoms with Gasteiger partial charge in [0.1, 0.15) is 11.5 Å². The quantitative estimate of drug-likeness (QED) is 0.467. The van der Waals surface area contributed by atoms with Crippen LogP contribution in [-0.4, -0.2) is 24.0 Å². The maximum atomic E-state index is 12.8. The number of fused-ring (bicyclic) bond motifs is 1. The molecule has 0 atom stereocenters. The van der Waals surface area contributed by atoms with Crippen LogP contribution in [0.5, 0.6) is 11.5 Å². The molecule has 0 aliphatic rings. The summed E-state index contributed by atoms with van der Waals surface area (Å²) in [5.41, 5.74) is 1.51. The fourth-order valence-corrected chi connectivity index (χ4v) is 3.65. The summed E-state index contributed by atoms with van der Waals surface area (Å²) in [5, 5.41) is 3.24. The molecule has 3 aromatic carbocycles. The van der Waals surface area contributed by atoms with Crippen molar-refractivity contribution in [3.8, 4) is 11.5 Å². The van der Waals surface area contributed by atoms with E-state index in [0.717, 1.165) is 4.70 Å². The summed E-state index contributed by atoms with van der Waals surface area (Å²) < 4.78 is 11.4. The molecule has 29 heavy (non-hydrogen) atoms. The number of benzene rings is 3. The first kappa shape index (κ1) is 18.6. The van der Waals surface area contributed by atoms with Gasteiger partial charge in [0.05, 0.1) is 28.5 Å². The Morgan fingerprint density at radius 3 is 2.52 bits per heavy atom. The van der Waals surface area contributed by atoms with E-state index in [1.54, 1.807) is 42.5 Å². The number of hydrogen-bond acceptors (Lipinski definition) is 6. The summed E-state index contributed by atoms with van der Waals surface area (Å²) in [7, 11) is 1.33. The van der Waals surface area contributed by atoms with E-state index in [2.05, 4.69) is 10.3 Å². The van der Waals surface area contributed by atoms with E-state index in [4.69, 9.17) is 9.47 Å². The molecule has 0 saturated heterocycles. The number of nitrogens with zero attached hydrogens (tertiary/aromatic N) is 1. The van der Waals surface area contributed by atoms with Gasteiger partial charge >= 0.3 is 5.97 Å². The molecule has 0 radical (unpaired) electrons. The lowest BCUT2D eigenvalue weighted by atomic mass is 10.2. The van der Waals surface area contributed by atoms with Gasteiger partial charge in [-0.05, 0) is 42.5 Å². The molecule has 4 aromatic rings. The number of thiazole rings is 1. The third-order valence-electron chi connectivity index (χ3n) is 4.13. The predicted molar refractivity (Wildman–Crippen MR) is 112 cm³/mol. The summed E-state index contributed by atoms with van der Waals surface area (Å²) in [6, 6.07) is 21.3. The lowest BCUT2D eigenvalue weighted by molar-refractivity contribution is 0.0601. The fourth-order valence-electron chi connectivity index (χ4n) is 2.75.